The van der Waals surface area contributed by atoms with Crippen LogP contribution in [-0.2, 0) is 0 Å². The van der Waals surface area contributed by atoms with E-state index in [-0.39, 0.29) is 0 Å². The molecular weight excluding hydrogens is 683 g/mol. The molecule has 8 aromatic carbocycles. The van der Waals surface area contributed by atoms with E-state index in [2.05, 4.69) is 149 Å². The van der Waals surface area contributed by atoms with Gasteiger partial charge in [-0.25, -0.2) is 15.0 Å². The Labute approximate surface area is 323 Å². The van der Waals surface area contributed by atoms with E-state index < -0.39 is 0 Å². The van der Waals surface area contributed by atoms with Crippen LogP contribution in [-0.4, -0.2) is 24.1 Å². The number of benzene rings is 8. The maximum absolute atomic E-state index is 5.01. The maximum Gasteiger partial charge on any atom is 0.164 e. The Balaban J connectivity index is 1.15. The number of para-hydroxylation sites is 2. The van der Waals surface area contributed by atoms with Crippen molar-refractivity contribution >= 4 is 43.6 Å². The van der Waals surface area contributed by atoms with Gasteiger partial charge >= 0.3 is 0 Å². The van der Waals surface area contributed by atoms with Crippen LogP contribution in [0.3, 0.4) is 0 Å². The van der Waals surface area contributed by atoms with Crippen molar-refractivity contribution in [2.75, 3.05) is 0 Å². The third-order valence-electron chi connectivity index (χ3n) is 10.8. The van der Waals surface area contributed by atoms with Crippen LogP contribution in [0.25, 0.3) is 100 Å². The van der Waals surface area contributed by atoms with Crippen molar-refractivity contribution in [3.63, 3.8) is 0 Å². The molecule has 0 aliphatic heterocycles. The van der Waals surface area contributed by atoms with Crippen molar-refractivity contribution in [1.29, 1.82) is 0 Å². The zero-order valence-corrected chi connectivity index (χ0v) is 30.3. The van der Waals surface area contributed by atoms with Crippen molar-refractivity contribution < 1.29 is 0 Å². The smallest absolute Gasteiger partial charge is 0.164 e. The van der Waals surface area contributed by atoms with Gasteiger partial charge in [-0.3, -0.25) is 0 Å². The first-order valence-corrected chi connectivity index (χ1v) is 18.9. The van der Waals surface area contributed by atoms with Crippen LogP contribution in [0.5, 0.6) is 0 Å². The molecule has 0 aliphatic carbocycles. The van der Waals surface area contributed by atoms with Gasteiger partial charge < -0.3 is 9.13 Å². The molecule has 56 heavy (non-hydrogen) atoms. The molecular formula is C51H33N5. The standard InChI is InChI=1S/C51H33N5/c1-5-15-34(16-6-1)38-27-31-45-43(33-38)41-30-32-46-47(42-23-13-14-24-44(42)55(46)39-21-11-4-12-22-39)48(41)56(45)40-28-25-37(26-29-40)51-53-49(35-17-7-2-8-18-35)52-50(54-51)36-19-9-3-10-20-36/h1-33H. The zero-order valence-electron chi connectivity index (χ0n) is 30.3. The van der Waals surface area contributed by atoms with E-state index in [9.17, 15) is 0 Å². The van der Waals surface area contributed by atoms with Gasteiger partial charge in [0.15, 0.2) is 17.5 Å². The minimum atomic E-state index is 0.632. The number of aromatic nitrogens is 5. The predicted molar refractivity (Wildman–Crippen MR) is 230 cm³/mol. The van der Waals surface area contributed by atoms with E-state index in [0.717, 1.165) is 33.6 Å². The monoisotopic (exact) mass is 715 g/mol. The highest BCUT2D eigenvalue weighted by Crippen LogP contribution is 2.43. The van der Waals surface area contributed by atoms with Crippen molar-refractivity contribution in [2.24, 2.45) is 0 Å². The molecule has 0 aliphatic rings. The third-order valence-corrected chi connectivity index (χ3v) is 10.8. The quantitative estimate of drug-likeness (QED) is 0.172. The van der Waals surface area contributed by atoms with Crippen LogP contribution in [0.4, 0.5) is 0 Å². The molecule has 11 aromatic rings. The summed E-state index contributed by atoms with van der Waals surface area (Å²) >= 11 is 0. The largest absolute Gasteiger partial charge is 0.309 e. The number of rotatable bonds is 6. The number of nitrogens with zero attached hydrogens (tertiary/aromatic N) is 5. The molecule has 5 heteroatoms. The first-order chi connectivity index (χ1) is 27.8. The van der Waals surface area contributed by atoms with Crippen LogP contribution >= 0.6 is 0 Å². The van der Waals surface area contributed by atoms with Crippen LogP contribution < -0.4 is 0 Å². The Hall–Kier alpha value is -7.63. The van der Waals surface area contributed by atoms with Gasteiger partial charge in [0.1, 0.15) is 0 Å². The third kappa shape index (κ3) is 5.21. The molecule has 0 fully saturated rings. The second-order valence-corrected chi connectivity index (χ2v) is 14.1. The molecule has 0 unspecified atom stereocenters. The topological polar surface area (TPSA) is 48.5 Å². The van der Waals surface area contributed by atoms with Crippen LogP contribution in [0.2, 0.25) is 0 Å². The molecule has 0 radical (unpaired) electrons. The summed E-state index contributed by atoms with van der Waals surface area (Å²) in [5, 5.41) is 4.86. The lowest BCUT2D eigenvalue weighted by Gasteiger charge is -2.12. The summed E-state index contributed by atoms with van der Waals surface area (Å²) in [4.78, 5) is 14.9. The van der Waals surface area contributed by atoms with Gasteiger partial charge in [0.25, 0.3) is 0 Å². The summed E-state index contributed by atoms with van der Waals surface area (Å²) in [6.07, 6.45) is 0. The van der Waals surface area contributed by atoms with E-state index in [1.54, 1.807) is 0 Å². The number of hydrogen-bond donors (Lipinski definition) is 0. The molecule has 3 aromatic heterocycles. The van der Waals surface area contributed by atoms with Gasteiger partial charge in [0.05, 0.1) is 22.1 Å². The molecule has 0 spiro atoms. The summed E-state index contributed by atoms with van der Waals surface area (Å²) in [5.41, 5.74) is 12.1. The molecule has 5 nitrogen and oxygen atoms in total. The van der Waals surface area contributed by atoms with Gasteiger partial charge in [-0.05, 0) is 71.8 Å². The lowest BCUT2D eigenvalue weighted by Crippen LogP contribution is -2.00. The first kappa shape index (κ1) is 31.9. The van der Waals surface area contributed by atoms with Crippen molar-refractivity contribution in [1.82, 2.24) is 24.1 Å². The highest BCUT2D eigenvalue weighted by atomic mass is 15.0. The van der Waals surface area contributed by atoms with E-state index in [1.807, 2.05) is 60.7 Å². The van der Waals surface area contributed by atoms with Crippen molar-refractivity contribution in [3.8, 4) is 56.7 Å². The number of hydrogen-bond acceptors (Lipinski definition) is 3. The normalized spacial score (nSPS) is 11.6. The van der Waals surface area contributed by atoms with Crippen LogP contribution in [0, 0.1) is 0 Å². The molecule has 0 amide bonds. The summed E-state index contributed by atoms with van der Waals surface area (Å²) in [5.74, 6) is 1.92. The summed E-state index contributed by atoms with van der Waals surface area (Å²) < 4.78 is 4.82. The van der Waals surface area contributed by atoms with Gasteiger partial charge in [0.2, 0.25) is 0 Å². The molecule has 0 atom stereocenters. The summed E-state index contributed by atoms with van der Waals surface area (Å²) in [7, 11) is 0. The fourth-order valence-corrected chi connectivity index (χ4v) is 8.19. The maximum atomic E-state index is 5.01. The van der Waals surface area contributed by atoms with Crippen molar-refractivity contribution in [3.05, 3.63) is 200 Å². The fraction of sp³-hybridized carbons (Fsp3) is 0. The lowest BCUT2D eigenvalue weighted by molar-refractivity contribution is 1.07. The van der Waals surface area contributed by atoms with Crippen LogP contribution in [0.15, 0.2) is 200 Å². The zero-order chi connectivity index (χ0) is 37.0. The molecule has 11 rings (SSSR count). The molecule has 262 valence electrons. The van der Waals surface area contributed by atoms with Gasteiger partial charge in [-0.2, -0.15) is 0 Å². The predicted octanol–water partition coefficient (Wildman–Crippen LogP) is 12.7. The number of fused-ring (bicyclic) bond motifs is 7. The molecule has 0 saturated heterocycles. The second kappa shape index (κ2) is 13.0. The van der Waals surface area contributed by atoms with Gasteiger partial charge in [-0.15, -0.1) is 0 Å². The van der Waals surface area contributed by atoms with E-state index >= 15 is 0 Å². The fourth-order valence-electron chi connectivity index (χ4n) is 8.19. The van der Waals surface area contributed by atoms with Crippen LogP contribution in [0.1, 0.15) is 0 Å². The highest BCUT2D eigenvalue weighted by Gasteiger charge is 2.21. The highest BCUT2D eigenvalue weighted by molar-refractivity contribution is 6.26. The van der Waals surface area contributed by atoms with E-state index in [0.29, 0.717) is 17.5 Å². The van der Waals surface area contributed by atoms with E-state index in [4.69, 9.17) is 15.0 Å². The molecule has 0 saturated carbocycles. The lowest BCUT2D eigenvalue weighted by atomic mass is 10.0. The Morgan fingerprint density at radius 1 is 0.286 bits per heavy atom. The molecule has 0 N–H and O–H groups in total. The molecule has 3 heterocycles. The van der Waals surface area contributed by atoms with E-state index in [1.165, 1.54) is 49.2 Å². The Morgan fingerprint density at radius 2 is 0.750 bits per heavy atom. The first-order valence-electron chi connectivity index (χ1n) is 18.9. The molecule has 0 bridgehead atoms. The summed E-state index contributed by atoms with van der Waals surface area (Å²) in [6, 6.07) is 70.4. The summed E-state index contributed by atoms with van der Waals surface area (Å²) in [6.45, 7) is 0. The minimum absolute atomic E-state index is 0.632. The average molecular weight is 716 g/mol. The Kier molecular flexibility index (Phi) is 7.42. The Morgan fingerprint density at radius 3 is 1.38 bits per heavy atom. The minimum Gasteiger partial charge on any atom is -0.309 e. The van der Waals surface area contributed by atoms with Gasteiger partial charge in [0, 0.05) is 49.6 Å². The SMILES string of the molecule is c1ccc(-c2ccc3c(c2)c2ccc4c(c5ccccc5n4-c4ccccc4)c2n3-c2ccc(-c3nc(-c4ccccc4)nc(-c4ccccc4)n3)cc2)cc1. The van der Waals surface area contributed by atoms with Gasteiger partial charge in [-0.1, -0.05) is 140 Å². The second-order valence-electron chi connectivity index (χ2n) is 14.1. The van der Waals surface area contributed by atoms with Crippen molar-refractivity contribution in [2.45, 2.75) is 0 Å². The Bertz CT molecular complexity index is 3150. The average Bonchev–Trinajstić information content (AvgIpc) is 3.80.